The van der Waals surface area contributed by atoms with Crippen molar-refractivity contribution in [3.63, 3.8) is 0 Å². The van der Waals surface area contributed by atoms with Gasteiger partial charge in [0.25, 0.3) is 0 Å². The average Bonchev–Trinajstić information content (AvgIpc) is 3.12. The van der Waals surface area contributed by atoms with E-state index in [9.17, 15) is 4.79 Å². The Kier molecular flexibility index (Phi) is 3.44. The molecule has 3 rings (SSSR count). The largest absolute Gasteiger partial charge is 0.379 e. The number of hydrogen-bond acceptors (Lipinski definition) is 5. The molecule has 1 saturated heterocycles. The summed E-state index contributed by atoms with van der Waals surface area (Å²) in [6.07, 6.45) is 3.08. The SMILES string of the molecule is CC1(C(=O)Nc2ccc(-n3cncn3)cc2)COCC1N. The molecule has 0 spiro atoms. The molecule has 2 unspecified atom stereocenters. The van der Waals surface area contributed by atoms with Crippen LogP contribution in [0.1, 0.15) is 6.92 Å². The van der Waals surface area contributed by atoms with Crippen molar-refractivity contribution in [2.75, 3.05) is 18.5 Å². The van der Waals surface area contributed by atoms with Gasteiger partial charge in [-0.2, -0.15) is 5.10 Å². The van der Waals surface area contributed by atoms with Gasteiger partial charge in [-0.1, -0.05) is 0 Å². The van der Waals surface area contributed by atoms with Crippen molar-refractivity contribution in [3.05, 3.63) is 36.9 Å². The lowest BCUT2D eigenvalue weighted by atomic mass is 9.85. The summed E-state index contributed by atoms with van der Waals surface area (Å²) in [6, 6.07) is 7.07. The third-order valence-electron chi connectivity index (χ3n) is 3.84. The lowest BCUT2D eigenvalue weighted by molar-refractivity contribution is -0.125. The number of amides is 1. The predicted octanol–water partition coefficient (Wildman–Crippen LogP) is 0.570. The monoisotopic (exact) mass is 287 g/mol. The number of carbonyl (C=O) groups excluding carboxylic acids is 1. The van der Waals surface area contributed by atoms with Crippen LogP contribution in [-0.2, 0) is 9.53 Å². The van der Waals surface area contributed by atoms with Crippen LogP contribution in [0, 0.1) is 5.41 Å². The molecule has 1 amide bonds. The van der Waals surface area contributed by atoms with Gasteiger partial charge in [-0.05, 0) is 31.2 Å². The van der Waals surface area contributed by atoms with E-state index in [0.717, 1.165) is 5.69 Å². The summed E-state index contributed by atoms with van der Waals surface area (Å²) < 4.78 is 6.94. The molecular formula is C14H17N5O2. The van der Waals surface area contributed by atoms with E-state index in [1.165, 1.54) is 6.33 Å². The summed E-state index contributed by atoms with van der Waals surface area (Å²) in [5.74, 6) is -0.124. The maximum atomic E-state index is 12.4. The van der Waals surface area contributed by atoms with Crippen molar-refractivity contribution in [3.8, 4) is 5.69 Å². The van der Waals surface area contributed by atoms with E-state index in [1.807, 2.05) is 31.2 Å². The van der Waals surface area contributed by atoms with Gasteiger partial charge < -0.3 is 15.8 Å². The topological polar surface area (TPSA) is 95.1 Å². The van der Waals surface area contributed by atoms with E-state index in [0.29, 0.717) is 18.9 Å². The van der Waals surface area contributed by atoms with Gasteiger partial charge in [0, 0.05) is 11.7 Å². The zero-order chi connectivity index (χ0) is 14.9. The van der Waals surface area contributed by atoms with Gasteiger partial charge in [0.05, 0.1) is 24.3 Å². The number of hydrogen-bond donors (Lipinski definition) is 2. The number of benzene rings is 1. The molecule has 1 aliphatic rings. The molecule has 21 heavy (non-hydrogen) atoms. The van der Waals surface area contributed by atoms with Crippen LogP contribution in [0.15, 0.2) is 36.9 Å². The highest BCUT2D eigenvalue weighted by Crippen LogP contribution is 2.28. The normalized spacial score (nSPS) is 25.0. The minimum absolute atomic E-state index is 0.124. The Morgan fingerprint density at radius 1 is 1.48 bits per heavy atom. The number of carbonyl (C=O) groups is 1. The van der Waals surface area contributed by atoms with Gasteiger partial charge in [0.15, 0.2) is 0 Å². The Morgan fingerprint density at radius 3 is 2.81 bits per heavy atom. The van der Waals surface area contributed by atoms with Crippen molar-refractivity contribution < 1.29 is 9.53 Å². The molecule has 7 nitrogen and oxygen atoms in total. The summed E-state index contributed by atoms with van der Waals surface area (Å²) in [6.45, 7) is 2.58. The highest BCUT2D eigenvalue weighted by atomic mass is 16.5. The van der Waals surface area contributed by atoms with Crippen LogP contribution in [-0.4, -0.2) is 39.9 Å². The minimum atomic E-state index is -0.690. The molecule has 1 fully saturated rings. The number of rotatable bonds is 3. The van der Waals surface area contributed by atoms with Crippen LogP contribution >= 0.6 is 0 Å². The fourth-order valence-electron chi connectivity index (χ4n) is 2.24. The Bertz CT molecular complexity index is 625. The molecule has 2 aromatic rings. The van der Waals surface area contributed by atoms with Crippen LogP contribution in [0.2, 0.25) is 0 Å². The second-order valence-corrected chi connectivity index (χ2v) is 5.38. The zero-order valence-corrected chi connectivity index (χ0v) is 11.7. The molecule has 0 aliphatic carbocycles. The predicted molar refractivity (Wildman–Crippen MR) is 76.9 cm³/mol. The molecule has 1 aromatic heterocycles. The Labute approximate surface area is 122 Å². The Balaban J connectivity index is 1.72. The average molecular weight is 287 g/mol. The number of aromatic nitrogens is 3. The van der Waals surface area contributed by atoms with E-state index in [-0.39, 0.29) is 11.9 Å². The number of nitrogens with two attached hydrogens (primary N) is 1. The first-order valence-electron chi connectivity index (χ1n) is 6.69. The van der Waals surface area contributed by atoms with Gasteiger partial charge >= 0.3 is 0 Å². The summed E-state index contributed by atoms with van der Waals surface area (Å²) in [4.78, 5) is 16.3. The molecule has 0 saturated carbocycles. The number of anilines is 1. The van der Waals surface area contributed by atoms with E-state index < -0.39 is 5.41 Å². The summed E-state index contributed by atoms with van der Waals surface area (Å²) >= 11 is 0. The summed E-state index contributed by atoms with van der Waals surface area (Å²) in [7, 11) is 0. The quantitative estimate of drug-likeness (QED) is 0.860. The van der Waals surface area contributed by atoms with Crippen molar-refractivity contribution >= 4 is 11.6 Å². The second kappa shape index (κ2) is 5.27. The van der Waals surface area contributed by atoms with Gasteiger partial charge in [-0.25, -0.2) is 9.67 Å². The maximum Gasteiger partial charge on any atom is 0.234 e. The van der Waals surface area contributed by atoms with Crippen molar-refractivity contribution in [2.24, 2.45) is 11.1 Å². The molecular weight excluding hydrogens is 270 g/mol. The first-order valence-corrected chi connectivity index (χ1v) is 6.69. The third kappa shape index (κ3) is 2.53. The highest BCUT2D eigenvalue weighted by Gasteiger charge is 2.44. The van der Waals surface area contributed by atoms with Gasteiger partial charge in [0.2, 0.25) is 5.91 Å². The van der Waals surface area contributed by atoms with Crippen LogP contribution in [0.4, 0.5) is 5.69 Å². The molecule has 1 aliphatic heterocycles. The summed E-state index contributed by atoms with van der Waals surface area (Å²) in [5, 5.41) is 6.93. The van der Waals surface area contributed by atoms with E-state index in [2.05, 4.69) is 15.4 Å². The highest BCUT2D eigenvalue weighted by molar-refractivity contribution is 5.96. The van der Waals surface area contributed by atoms with Crippen LogP contribution < -0.4 is 11.1 Å². The third-order valence-corrected chi connectivity index (χ3v) is 3.84. The van der Waals surface area contributed by atoms with Crippen LogP contribution in [0.3, 0.4) is 0 Å². The van der Waals surface area contributed by atoms with E-state index in [1.54, 1.807) is 11.0 Å². The fraction of sp³-hybridized carbons (Fsp3) is 0.357. The fourth-order valence-corrected chi connectivity index (χ4v) is 2.24. The molecule has 2 atom stereocenters. The van der Waals surface area contributed by atoms with E-state index in [4.69, 9.17) is 10.5 Å². The zero-order valence-electron chi connectivity index (χ0n) is 11.7. The molecule has 1 aromatic carbocycles. The summed E-state index contributed by atoms with van der Waals surface area (Å²) in [5.41, 5.74) is 6.85. The van der Waals surface area contributed by atoms with Gasteiger partial charge in [0.1, 0.15) is 12.7 Å². The standard InChI is InChI=1S/C14H17N5O2/c1-14(7-21-6-12(14)15)13(20)18-10-2-4-11(5-3-10)19-9-16-8-17-19/h2-5,8-9,12H,6-7,15H2,1H3,(H,18,20). The van der Waals surface area contributed by atoms with Crippen LogP contribution in [0.5, 0.6) is 0 Å². The lowest BCUT2D eigenvalue weighted by Crippen LogP contribution is -2.47. The molecule has 0 bridgehead atoms. The minimum Gasteiger partial charge on any atom is -0.379 e. The van der Waals surface area contributed by atoms with Crippen molar-refractivity contribution in [1.82, 2.24) is 14.8 Å². The Hall–Kier alpha value is -2.25. The number of ether oxygens (including phenoxy) is 1. The molecule has 7 heteroatoms. The first kappa shape index (κ1) is 13.7. The van der Waals surface area contributed by atoms with E-state index >= 15 is 0 Å². The Morgan fingerprint density at radius 2 is 2.24 bits per heavy atom. The smallest absolute Gasteiger partial charge is 0.234 e. The van der Waals surface area contributed by atoms with Gasteiger partial charge in [-0.3, -0.25) is 4.79 Å². The molecule has 110 valence electrons. The molecule has 0 radical (unpaired) electrons. The maximum absolute atomic E-state index is 12.4. The van der Waals surface area contributed by atoms with Crippen LogP contribution in [0.25, 0.3) is 5.69 Å². The number of nitrogens with one attached hydrogen (secondary N) is 1. The van der Waals surface area contributed by atoms with Crippen molar-refractivity contribution in [1.29, 1.82) is 0 Å². The second-order valence-electron chi connectivity index (χ2n) is 5.38. The van der Waals surface area contributed by atoms with Gasteiger partial charge in [-0.15, -0.1) is 0 Å². The lowest BCUT2D eigenvalue weighted by Gasteiger charge is -2.25. The van der Waals surface area contributed by atoms with Crippen molar-refractivity contribution in [2.45, 2.75) is 13.0 Å². The first-order chi connectivity index (χ1) is 10.1. The molecule has 3 N–H and O–H groups in total. The number of nitrogens with zero attached hydrogens (tertiary/aromatic N) is 3. The molecule has 2 heterocycles.